The summed E-state index contributed by atoms with van der Waals surface area (Å²) in [6.45, 7) is 2.08. The molecule has 0 aliphatic carbocycles. The number of hydrogen-bond donors (Lipinski definition) is 1. The molecule has 0 spiro atoms. The number of nitrogens with zero attached hydrogens (tertiary/aromatic N) is 3. The lowest BCUT2D eigenvalue weighted by Gasteiger charge is -2.33. The Morgan fingerprint density at radius 2 is 1.91 bits per heavy atom. The molecule has 1 saturated heterocycles. The summed E-state index contributed by atoms with van der Waals surface area (Å²) < 4.78 is 0. The maximum Gasteiger partial charge on any atom is 0.274 e. The Labute approximate surface area is 134 Å². The van der Waals surface area contributed by atoms with Crippen molar-refractivity contribution in [1.82, 2.24) is 9.97 Å². The number of benzene rings is 1. The fourth-order valence-electron chi connectivity index (χ4n) is 2.71. The van der Waals surface area contributed by atoms with Gasteiger partial charge in [-0.25, -0.2) is 0 Å². The first-order valence-electron chi connectivity index (χ1n) is 7.67. The molecule has 1 fully saturated rings. The zero-order valence-electron chi connectivity index (χ0n) is 12.6. The van der Waals surface area contributed by atoms with Gasteiger partial charge >= 0.3 is 0 Å². The Kier molecular flexibility index (Phi) is 3.38. The standard InChI is InChI=1S/C18H16N4O/c23-18(16-12-14(7-9-19-16)22-10-3-11-22)21-15-6-1-4-13-5-2-8-20-17(13)15/h1-2,4-9,12H,3,10-11H2,(H,21,23). The minimum atomic E-state index is -0.217. The molecule has 114 valence electrons. The van der Waals surface area contributed by atoms with Crippen molar-refractivity contribution in [2.75, 3.05) is 23.3 Å². The van der Waals surface area contributed by atoms with E-state index in [1.54, 1.807) is 12.4 Å². The Morgan fingerprint density at radius 3 is 2.74 bits per heavy atom. The third-order valence-electron chi connectivity index (χ3n) is 4.08. The maximum atomic E-state index is 12.5. The Hall–Kier alpha value is -2.95. The molecule has 23 heavy (non-hydrogen) atoms. The molecule has 1 aliphatic rings. The van der Waals surface area contributed by atoms with E-state index in [9.17, 15) is 4.79 Å². The molecule has 2 aromatic heterocycles. The quantitative estimate of drug-likeness (QED) is 0.808. The highest BCUT2D eigenvalue weighted by molar-refractivity contribution is 6.07. The summed E-state index contributed by atoms with van der Waals surface area (Å²) >= 11 is 0. The molecule has 0 unspecified atom stereocenters. The van der Waals surface area contributed by atoms with Crippen LogP contribution in [0.15, 0.2) is 54.9 Å². The Balaban J connectivity index is 1.62. The van der Waals surface area contributed by atoms with Crippen molar-refractivity contribution in [3.8, 4) is 0 Å². The van der Waals surface area contributed by atoms with Crippen LogP contribution in [0.25, 0.3) is 10.9 Å². The average Bonchev–Trinajstić information content (AvgIpc) is 2.54. The number of rotatable bonds is 3. The van der Waals surface area contributed by atoms with Gasteiger partial charge in [0.05, 0.1) is 11.2 Å². The van der Waals surface area contributed by atoms with Crippen LogP contribution >= 0.6 is 0 Å². The van der Waals surface area contributed by atoms with Crippen LogP contribution in [0.4, 0.5) is 11.4 Å². The normalized spacial score (nSPS) is 13.7. The molecular formula is C18H16N4O. The average molecular weight is 304 g/mol. The van der Waals surface area contributed by atoms with Gasteiger partial charge in [-0.1, -0.05) is 18.2 Å². The van der Waals surface area contributed by atoms with E-state index in [2.05, 4.69) is 20.2 Å². The van der Waals surface area contributed by atoms with Crippen LogP contribution in [-0.4, -0.2) is 29.0 Å². The molecule has 1 amide bonds. The fraction of sp³-hybridized carbons (Fsp3) is 0.167. The van der Waals surface area contributed by atoms with Gasteiger partial charge in [-0.05, 0) is 30.7 Å². The second-order valence-corrected chi connectivity index (χ2v) is 5.57. The van der Waals surface area contributed by atoms with Crippen molar-refractivity contribution >= 4 is 28.2 Å². The van der Waals surface area contributed by atoms with Crippen LogP contribution in [-0.2, 0) is 0 Å². The lowest BCUT2D eigenvalue weighted by Crippen LogP contribution is -2.37. The molecule has 0 radical (unpaired) electrons. The van der Waals surface area contributed by atoms with Crippen LogP contribution in [0.2, 0.25) is 0 Å². The number of carbonyl (C=O) groups is 1. The van der Waals surface area contributed by atoms with E-state index in [-0.39, 0.29) is 5.91 Å². The van der Waals surface area contributed by atoms with E-state index in [4.69, 9.17) is 0 Å². The molecule has 1 aliphatic heterocycles. The van der Waals surface area contributed by atoms with Gasteiger partial charge in [0.25, 0.3) is 5.91 Å². The third kappa shape index (κ3) is 2.61. The van der Waals surface area contributed by atoms with Gasteiger partial charge in [0, 0.05) is 36.6 Å². The second kappa shape index (κ2) is 5.68. The van der Waals surface area contributed by atoms with Crippen molar-refractivity contribution < 1.29 is 4.79 Å². The minimum absolute atomic E-state index is 0.217. The van der Waals surface area contributed by atoms with Crippen molar-refractivity contribution in [1.29, 1.82) is 0 Å². The predicted molar refractivity (Wildman–Crippen MR) is 90.8 cm³/mol. The Morgan fingerprint density at radius 1 is 1.04 bits per heavy atom. The number of anilines is 2. The van der Waals surface area contributed by atoms with Gasteiger partial charge in [0.15, 0.2) is 0 Å². The highest BCUT2D eigenvalue weighted by Crippen LogP contribution is 2.23. The van der Waals surface area contributed by atoms with E-state index < -0.39 is 0 Å². The largest absolute Gasteiger partial charge is 0.371 e. The van der Waals surface area contributed by atoms with Crippen LogP contribution < -0.4 is 10.2 Å². The lowest BCUT2D eigenvalue weighted by atomic mass is 10.1. The highest BCUT2D eigenvalue weighted by Gasteiger charge is 2.17. The van der Waals surface area contributed by atoms with E-state index in [0.717, 1.165) is 29.7 Å². The van der Waals surface area contributed by atoms with Crippen LogP contribution in [0, 0.1) is 0 Å². The lowest BCUT2D eigenvalue weighted by molar-refractivity contribution is 0.102. The highest BCUT2D eigenvalue weighted by atomic mass is 16.1. The van der Waals surface area contributed by atoms with Gasteiger partial charge < -0.3 is 10.2 Å². The van der Waals surface area contributed by atoms with E-state index in [1.807, 2.05) is 42.5 Å². The smallest absolute Gasteiger partial charge is 0.274 e. The summed E-state index contributed by atoms with van der Waals surface area (Å²) in [5.41, 5.74) is 2.95. The predicted octanol–water partition coefficient (Wildman–Crippen LogP) is 3.09. The zero-order chi connectivity index (χ0) is 15.6. The number of carbonyl (C=O) groups excluding carboxylic acids is 1. The summed E-state index contributed by atoms with van der Waals surface area (Å²) in [7, 11) is 0. The van der Waals surface area contributed by atoms with Crippen molar-refractivity contribution in [2.45, 2.75) is 6.42 Å². The summed E-state index contributed by atoms with van der Waals surface area (Å²) in [6, 6.07) is 13.4. The van der Waals surface area contributed by atoms with Gasteiger partial charge in [-0.2, -0.15) is 0 Å². The first-order chi connectivity index (χ1) is 11.3. The van der Waals surface area contributed by atoms with Crippen LogP contribution in [0.3, 0.4) is 0 Å². The van der Waals surface area contributed by atoms with Crippen molar-refractivity contribution in [3.05, 3.63) is 60.6 Å². The molecule has 0 atom stereocenters. The van der Waals surface area contributed by atoms with Crippen molar-refractivity contribution in [2.24, 2.45) is 0 Å². The summed E-state index contributed by atoms with van der Waals surface area (Å²) in [5.74, 6) is -0.217. The van der Waals surface area contributed by atoms with E-state index in [0.29, 0.717) is 11.4 Å². The second-order valence-electron chi connectivity index (χ2n) is 5.57. The number of hydrogen-bond acceptors (Lipinski definition) is 4. The first-order valence-corrected chi connectivity index (χ1v) is 7.67. The molecule has 5 heteroatoms. The zero-order valence-corrected chi connectivity index (χ0v) is 12.6. The van der Waals surface area contributed by atoms with Gasteiger partial charge in [0.1, 0.15) is 5.69 Å². The topological polar surface area (TPSA) is 58.1 Å². The van der Waals surface area contributed by atoms with E-state index >= 15 is 0 Å². The summed E-state index contributed by atoms with van der Waals surface area (Å²) in [4.78, 5) is 23.3. The number of nitrogens with one attached hydrogen (secondary N) is 1. The first kappa shape index (κ1) is 13.7. The summed E-state index contributed by atoms with van der Waals surface area (Å²) in [5, 5.41) is 3.91. The van der Waals surface area contributed by atoms with Gasteiger partial charge in [-0.3, -0.25) is 14.8 Å². The number of pyridine rings is 2. The SMILES string of the molecule is O=C(Nc1cccc2cccnc12)c1cc(N2CCC2)ccn1. The molecular weight excluding hydrogens is 288 g/mol. The van der Waals surface area contributed by atoms with Crippen molar-refractivity contribution in [3.63, 3.8) is 0 Å². The number of amides is 1. The van der Waals surface area contributed by atoms with E-state index in [1.165, 1.54) is 6.42 Å². The third-order valence-corrected chi connectivity index (χ3v) is 4.08. The fourth-order valence-corrected chi connectivity index (χ4v) is 2.71. The van der Waals surface area contributed by atoms with Gasteiger partial charge in [0.2, 0.25) is 0 Å². The molecule has 5 nitrogen and oxygen atoms in total. The molecule has 0 saturated carbocycles. The molecule has 0 bridgehead atoms. The molecule has 4 rings (SSSR count). The molecule has 1 aromatic carbocycles. The van der Waals surface area contributed by atoms with Crippen LogP contribution in [0.1, 0.15) is 16.9 Å². The number of aromatic nitrogens is 2. The monoisotopic (exact) mass is 304 g/mol. The number of para-hydroxylation sites is 1. The molecule has 3 heterocycles. The van der Waals surface area contributed by atoms with Gasteiger partial charge in [-0.15, -0.1) is 0 Å². The summed E-state index contributed by atoms with van der Waals surface area (Å²) in [6.07, 6.45) is 4.61. The van der Waals surface area contributed by atoms with Crippen LogP contribution in [0.5, 0.6) is 0 Å². The maximum absolute atomic E-state index is 12.5. The minimum Gasteiger partial charge on any atom is -0.371 e. The Bertz CT molecular complexity index is 868. The molecule has 1 N–H and O–H groups in total. The molecule has 3 aromatic rings. The number of fused-ring (bicyclic) bond motifs is 1.